The van der Waals surface area contributed by atoms with Gasteiger partial charge < -0.3 is 4.74 Å². The van der Waals surface area contributed by atoms with E-state index in [1.54, 1.807) is 7.11 Å². The van der Waals surface area contributed by atoms with Gasteiger partial charge in [-0.15, -0.1) is 0 Å². The molecule has 0 unspecified atom stereocenters. The third-order valence-corrected chi connectivity index (χ3v) is 3.52. The zero-order valence-corrected chi connectivity index (χ0v) is 10.8. The molecule has 0 saturated heterocycles. The number of methoxy groups -OCH3 is 1. The highest BCUT2D eigenvalue weighted by atomic mass is 19.1. The van der Waals surface area contributed by atoms with Gasteiger partial charge in [-0.3, -0.25) is 0 Å². The average Bonchev–Trinajstić information content (AvgIpc) is 2.47. The molecule has 19 heavy (non-hydrogen) atoms. The van der Waals surface area contributed by atoms with Gasteiger partial charge >= 0.3 is 0 Å². The fraction of sp³-hybridized carbons (Fsp3) is 0.176. The second kappa shape index (κ2) is 4.88. The Kier molecular flexibility index (Phi) is 3.08. The van der Waals surface area contributed by atoms with Crippen LogP contribution in [0.15, 0.2) is 48.5 Å². The Balaban J connectivity index is 2.05. The molecule has 2 aromatic carbocycles. The topological polar surface area (TPSA) is 9.23 Å². The maximum Gasteiger partial charge on any atom is 0.123 e. The molecule has 0 bridgehead atoms. The maximum absolute atomic E-state index is 13.0. The SMILES string of the molecule is COc1ccc2c(c1)CCC=C2c1ccc(F)cc1. The standard InChI is InChI=1S/C17H15FO/c1-19-15-9-10-17-13(11-15)3-2-4-16(17)12-5-7-14(18)8-6-12/h4-11H,2-3H2,1H3. The molecule has 0 spiro atoms. The molecule has 1 aliphatic rings. The lowest BCUT2D eigenvalue weighted by molar-refractivity contribution is 0.414. The van der Waals surface area contributed by atoms with Crippen molar-refractivity contribution in [3.8, 4) is 5.75 Å². The van der Waals surface area contributed by atoms with Crippen molar-refractivity contribution in [2.24, 2.45) is 0 Å². The molecule has 0 aliphatic heterocycles. The van der Waals surface area contributed by atoms with Crippen LogP contribution in [0.4, 0.5) is 4.39 Å². The molecule has 1 nitrogen and oxygen atoms in total. The van der Waals surface area contributed by atoms with E-state index in [0.717, 1.165) is 24.2 Å². The van der Waals surface area contributed by atoms with E-state index in [2.05, 4.69) is 18.2 Å². The third kappa shape index (κ3) is 2.26. The molecule has 0 amide bonds. The first-order valence-corrected chi connectivity index (χ1v) is 6.41. The summed E-state index contributed by atoms with van der Waals surface area (Å²) >= 11 is 0. The quantitative estimate of drug-likeness (QED) is 0.780. The first-order valence-electron chi connectivity index (χ1n) is 6.41. The Labute approximate surface area is 112 Å². The summed E-state index contributed by atoms with van der Waals surface area (Å²) in [6, 6.07) is 12.8. The number of ether oxygens (including phenoxy) is 1. The molecule has 96 valence electrons. The van der Waals surface area contributed by atoms with E-state index < -0.39 is 0 Å². The van der Waals surface area contributed by atoms with Gasteiger partial charge in [-0.2, -0.15) is 0 Å². The van der Waals surface area contributed by atoms with Crippen LogP contribution < -0.4 is 4.74 Å². The summed E-state index contributed by atoms with van der Waals surface area (Å²) in [6.45, 7) is 0. The summed E-state index contributed by atoms with van der Waals surface area (Å²) in [6.07, 6.45) is 4.26. The summed E-state index contributed by atoms with van der Waals surface area (Å²) in [5.41, 5.74) is 4.76. The van der Waals surface area contributed by atoms with Crippen LogP contribution in [0.1, 0.15) is 23.1 Å². The summed E-state index contributed by atoms with van der Waals surface area (Å²) in [5, 5.41) is 0. The van der Waals surface area contributed by atoms with Crippen LogP contribution in [0.5, 0.6) is 5.75 Å². The monoisotopic (exact) mass is 254 g/mol. The molecular formula is C17H15FO. The summed E-state index contributed by atoms with van der Waals surface area (Å²) in [4.78, 5) is 0. The van der Waals surface area contributed by atoms with E-state index in [-0.39, 0.29) is 5.82 Å². The molecule has 3 rings (SSSR count). The Morgan fingerprint density at radius 2 is 1.84 bits per heavy atom. The molecule has 0 saturated carbocycles. The number of hydrogen-bond donors (Lipinski definition) is 0. The molecule has 0 heterocycles. The van der Waals surface area contributed by atoms with Crippen LogP contribution in [0, 0.1) is 5.82 Å². The average molecular weight is 254 g/mol. The van der Waals surface area contributed by atoms with Crippen molar-refractivity contribution < 1.29 is 9.13 Å². The van der Waals surface area contributed by atoms with E-state index in [1.807, 2.05) is 18.2 Å². The lowest BCUT2D eigenvalue weighted by atomic mass is 9.87. The number of aryl methyl sites for hydroxylation is 1. The normalized spacial score (nSPS) is 13.7. The fourth-order valence-electron chi connectivity index (χ4n) is 2.55. The third-order valence-electron chi connectivity index (χ3n) is 3.52. The van der Waals surface area contributed by atoms with Gasteiger partial charge in [0.25, 0.3) is 0 Å². The fourth-order valence-corrected chi connectivity index (χ4v) is 2.55. The van der Waals surface area contributed by atoms with Crippen LogP contribution >= 0.6 is 0 Å². The van der Waals surface area contributed by atoms with Crippen molar-refractivity contribution >= 4 is 5.57 Å². The molecule has 2 aromatic rings. The number of fused-ring (bicyclic) bond motifs is 1. The summed E-state index contributed by atoms with van der Waals surface area (Å²) in [5.74, 6) is 0.689. The van der Waals surface area contributed by atoms with Crippen LogP contribution in [-0.2, 0) is 6.42 Å². The van der Waals surface area contributed by atoms with E-state index in [1.165, 1.54) is 28.8 Å². The smallest absolute Gasteiger partial charge is 0.123 e. The highest BCUT2D eigenvalue weighted by molar-refractivity contribution is 5.82. The molecule has 1 aliphatic carbocycles. The Morgan fingerprint density at radius 3 is 2.58 bits per heavy atom. The largest absolute Gasteiger partial charge is 0.497 e. The van der Waals surface area contributed by atoms with Crippen LogP contribution in [0.2, 0.25) is 0 Å². The number of allylic oxidation sites excluding steroid dienone is 1. The van der Waals surface area contributed by atoms with Gasteiger partial charge in [-0.25, -0.2) is 4.39 Å². The van der Waals surface area contributed by atoms with Gasteiger partial charge in [0.2, 0.25) is 0 Å². The predicted octanol–water partition coefficient (Wildman–Crippen LogP) is 4.21. The molecule has 0 N–H and O–H groups in total. The van der Waals surface area contributed by atoms with Crippen LogP contribution in [0.3, 0.4) is 0 Å². The highest BCUT2D eigenvalue weighted by Crippen LogP contribution is 2.33. The van der Waals surface area contributed by atoms with Crippen LogP contribution in [0.25, 0.3) is 5.57 Å². The van der Waals surface area contributed by atoms with E-state index in [9.17, 15) is 4.39 Å². The van der Waals surface area contributed by atoms with Gasteiger partial charge in [0.1, 0.15) is 11.6 Å². The molecule has 0 radical (unpaired) electrons. The van der Waals surface area contributed by atoms with Crippen molar-refractivity contribution in [1.29, 1.82) is 0 Å². The van der Waals surface area contributed by atoms with Crippen molar-refractivity contribution in [1.82, 2.24) is 0 Å². The van der Waals surface area contributed by atoms with Gasteiger partial charge in [0.05, 0.1) is 7.11 Å². The van der Waals surface area contributed by atoms with Crippen molar-refractivity contribution in [2.75, 3.05) is 7.11 Å². The molecule has 0 atom stereocenters. The molecule has 0 aromatic heterocycles. The number of halogens is 1. The lowest BCUT2D eigenvalue weighted by Crippen LogP contribution is -2.01. The first kappa shape index (κ1) is 12.0. The zero-order chi connectivity index (χ0) is 13.2. The first-order chi connectivity index (χ1) is 9.28. The number of hydrogen-bond acceptors (Lipinski definition) is 1. The second-order valence-electron chi connectivity index (χ2n) is 4.69. The van der Waals surface area contributed by atoms with Gasteiger partial charge in [0.15, 0.2) is 0 Å². The minimum atomic E-state index is -0.199. The Morgan fingerprint density at radius 1 is 1.05 bits per heavy atom. The Hall–Kier alpha value is -2.09. The number of benzene rings is 2. The predicted molar refractivity (Wildman–Crippen MR) is 74.8 cm³/mol. The van der Waals surface area contributed by atoms with E-state index in [4.69, 9.17) is 4.74 Å². The Bertz CT molecular complexity index is 626. The van der Waals surface area contributed by atoms with Crippen molar-refractivity contribution in [3.63, 3.8) is 0 Å². The molecule has 0 fully saturated rings. The van der Waals surface area contributed by atoms with E-state index >= 15 is 0 Å². The minimum Gasteiger partial charge on any atom is -0.497 e. The second-order valence-corrected chi connectivity index (χ2v) is 4.69. The summed E-state index contributed by atoms with van der Waals surface area (Å²) < 4.78 is 18.3. The highest BCUT2D eigenvalue weighted by Gasteiger charge is 2.14. The van der Waals surface area contributed by atoms with Crippen molar-refractivity contribution in [2.45, 2.75) is 12.8 Å². The van der Waals surface area contributed by atoms with Gasteiger partial charge in [-0.05, 0) is 59.4 Å². The van der Waals surface area contributed by atoms with Gasteiger partial charge in [-0.1, -0.05) is 24.3 Å². The van der Waals surface area contributed by atoms with Crippen LogP contribution in [-0.4, -0.2) is 7.11 Å². The van der Waals surface area contributed by atoms with Crippen molar-refractivity contribution in [3.05, 3.63) is 71.0 Å². The minimum absolute atomic E-state index is 0.199. The maximum atomic E-state index is 13.0. The molecular weight excluding hydrogens is 239 g/mol. The van der Waals surface area contributed by atoms with Gasteiger partial charge in [0, 0.05) is 0 Å². The zero-order valence-electron chi connectivity index (χ0n) is 10.8. The lowest BCUT2D eigenvalue weighted by Gasteiger charge is -2.19. The molecule has 2 heteroatoms. The number of rotatable bonds is 2. The summed E-state index contributed by atoms with van der Waals surface area (Å²) in [7, 11) is 1.68. The van der Waals surface area contributed by atoms with E-state index in [0.29, 0.717) is 0 Å².